The van der Waals surface area contributed by atoms with Crippen LogP contribution in [0.2, 0.25) is 0 Å². The van der Waals surface area contributed by atoms with Crippen molar-refractivity contribution in [3.05, 3.63) is 24.3 Å². The summed E-state index contributed by atoms with van der Waals surface area (Å²) in [6.45, 7) is 13.2. The number of carbonyl (C=O) groups excluding carboxylic acids is 3. The van der Waals surface area contributed by atoms with Crippen LogP contribution in [0.15, 0.2) is 24.3 Å². The summed E-state index contributed by atoms with van der Waals surface area (Å²) < 4.78 is 15.1. The molecule has 0 aliphatic carbocycles. The topological polar surface area (TPSA) is 78.9 Å². The number of rotatable bonds is 9. The van der Waals surface area contributed by atoms with E-state index in [-0.39, 0.29) is 6.61 Å². The molecule has 0 bridgehead atoms. The molecule has 0 aromatic carbocycles. The maximum atomic E-state index is 11.1. The van der Waals surface area contributed by atoms with Crippen molar-refractivity contribution in [2.45, 2.75) is 52.7 Å². The Kier molecular flexibility index (Phi) is 8.82. The molecule has 0 rings (SSSR count). The quantitative estimate of drug-likeness (QED) is 0.369. The van der Waals surface area contributed by atoms with Gasteiger partial charge in [-0.2, -0.15) is 0 Å². The van der Waals surface area contributed by atoms with Gasteiger partial charge in [-0.25, -0.2) is 0 Å². The first-order valence-electron chi connectivity index (χ1n) is 6.94. The monoisotopic (exact) mass is 312 g/mol. The molecule has 0 aliphatic rings. The normalized spacial score (nSPS) is 12.7. The maximum absolute atomic E-state index is 11.1. The maximum Gasteiger partial charge on any atom is 0.303 e. The van der Waals surface area contributed by atoms with Crippen molar-refractivity contribution >= 4 is 17.9 Å². The molecule has 0 fully saturated rings. The van der Waals surface area contributed by atoms with Gasteiger partial charge in [0.2, 0.25) is 0 Å². The van der Waals surface area contributed by atoms with Crippen LogP contribution in [0.3, 0.4) is 0 Å². The van der Waals surface area contributed by atoms with Crippen LogP contribution >= 0.6 is 0 Å². The number of ether oxygens (including phenoxy) is 3. The number of carbonyl (C=O) groups is 3. The molecule has 0 spiro atoms. The summed E-state index contributed by atoms with van der Waals surface area (Å²) in [5, 5.41) is 0. The van der Waals surface area contributed by atoms with Gasteiger partial charge in [-0.05, 0) is 30.9 Å². The summed E-state index contributed by atoms with van der Waals surface area (Å²) in [5.41, 5.74) is 1.29. The Balaban J connectivity index is 4.64. The molecule has 124 valence electrons. The fourth-order valence-corrected chi connectivity index (χ4v) is 1.71. The van der Waals surface area contributed by atoms with Crippen molar-refractivity contribution in [3.8, 4) is 0 Å². The Morgan fingerprint density at radius 3 is 1.77 bits per heavy atom. The standard InChI is InChI=1S/C16H24O6/c1-10(2)15(21-13(5)18)8-7-11(3)16(22-14(6)19)9-20-12(4)17/h15-16H,1,3,7-9H2,2,4-6H3. The zero-order chi connectivity index (χ0) is 17.3. The lowest BCUT2D eigenvalue weighted by atomic mass is 10.0. The van der Waals surface area contributed by atoms with Crippen molar-refractivity contribution in [2.75, 3.05) is 6.61 Å². The van der Waals surface area contributed by atoms with Crippen molar-refractivity contribution in [2.24, 2.45) is 0 Å². The molecule has 0 saturated heterocycles. The minimum absolute atomic E-state index is 0.0843. The third-order valence-corrected chi connectivity index (χ3v) is 2.79. The van der Waals surface area contributed by atoms with Gasteiger partial charge >= 0.3 is 17.9 Å². The van der Waals surface area contributed by atoms with Gasteiger partial charge in [-0.15, -0.1) is 0 Å². The summed E-state index contributed by atoms with van der Waals surface area (Å²) in [7, 11) is 0. The van der Waals surface area contributed by atoms with Crippen molar-refractivity contribution in [3.63, 3.8) is 0 Å². The summed E-state index contributed by atoms with van der Waals surface area (Å²) in [6.07, 6.45) is -0.249. The molecule has 6 heteroatoms. The fraction of sp³-hybridized carbons (Fsp3) is 0.562. The molecule has 2 atom stereocenters. The van der Waals surface area contributed by atoms with Crippen LogP contribution in [-0.4, -0.2) is 36.7 Å². The molecular formula is C16H24O6. The fourth-order valence-electron chi connectivity index (χ4n) is 1.71. The van der Waals surface area contributed by atoms with E-state index in [4.69, 9.17) is 14.2 Å². The molecule has 0 N–H and O–H groups in total. The highest BCUT2D eigenvalue weighted by atomic mass is 16.6. The molecule has 0 aromatic rings. The predicted octanol–water partition coefficient (Wildman–Crippen LogP) is 2.33. The van der Waals surface area contributed by atoms with E-state index in [0.717, 1.165) is 0 Å². The molecule has 0 amide bonds. The molecule has 22 heavy (non-hydrogen) atoms. The predicted molar refractivity (Wildman–Crippen MR) is 80.9 cm³/mol. The third kappa shape index (κ3) is 8.94. The lowest BCUT2D eigenvalue weighted by Crippen LogP contribution is -2.26. The number of esters is 3. The first-order valence-corrected chi connectivity index (χ1v) is 6.94. The smallest absolute Gasteiger partial charge is 0.303 e. The summed E-state index contributed by atoms with van der Waals surface area (Å²) >= 11 is 0. The van der Waals surface area contributed by atoms with Crippen LogP contribution < -0.4 is 0 Å². The van der Waals surface area contributed by atoms with Gasteiger partial charge in [-0.3, -0.25) is 14.4 Å². The molecule has 0 aromatic heterocycles. The highest BCUT2D eigenvalue weighted by Gasteiger charge is 2.20. The molecular weight excluding hydrogens is 288 g/mol. The molecule has 0 aliphatic heterocycles. The van der Waals surface area contributed by atoms with Gasteiger partial charge < -0.3 is 14.2 Å². The molecule has 0 heterocycles. The molecule has 2 unspecified atom stereocenters. The Labute approximate surface area is 131 Å². The molecule has 0 radical (unpaired) electrons. The Hall–Kier alpha value is -2.11. The summed E-state index contributed by atoms with van der Waals surface area (Å²) in [5.74, 6) is -1.35. The van der Waals surface area contributed by atoms with Gasteiger partial charge in [0.1, 0.15) is 12.7 Å². The molecule has 6 nitrogen and oxygen atoms in total. The average Bonchev–Trinajstić information content (AvgIpc) is 2.37. The van der Waals surface area contributed by atoms with E-state index in [9.17, 15) is 14.4 Å². The van der Waals surface area contributed by atoms with Gasteiger partial charge in [0.15, 0.2) is 6.10 Å². The first kappa shape index (κ1) is 19.9. The van der Waals surface area contributed by atoms with Crippen molar-refractivity contribution < 1.29 is 28.6 Å². The zero-order valence-corrected chi connectivity index (χ0v) is 13.6. The third-order valence-electron chi connectivity index (χ3n) is 2.79. The van der Waals surface area contributed by atoms with Crippen LogP contribution in [0.25, 0.3) is 0 Å². The summed E-state index contributed by atoms with van der Waals surface area (Å²) in [6, 6.07) is 0. The second kappa shape index (κ2) is 9.76. The van der Waals surface area contributed by atoms with Crippen LogP contribution in [0.4, 0.5) is 0 Å². The Morgan fingerprint density at radius 2 is 1.36 bits per heavy atom. The van der Waals surface area contributed by atoms with Crippen LogP contribution in [0, 0.1) is 0 Å². The van der Waals surface area contributed by atoms with Gasteiger partial charge in [0.25, 0.3) is 0 Å². The van der Waals surface area contributed by atoms with E-state index in [1.165, 1.54) is 20.8 Å². The minimum Gasteiger partial charge on any atom is -0.462 e. The van der Waals surface area contributed by atoms with E-state index in [2.05, 4.69) is 13.2 Å². The second-order valence-corrected chi connectivity index (χ2v) is 5.04. The summed E-state index contributed by atoms with van der Waals surface area (Å²) in [4.78, 5) is 33.0. The van der Waals surface area contributed by atoms with Crippen LogP contribution in [0.1, 0.15) is 40.5 Å². The highest BCUT2D eigenvalue weighted by molar-refractivity contribution is 5.67. The first-order chi connectivity index (χ1) is 10.1. The number of hydrogen-bond acceptors (Lipinski definition) is 6. The Bertz CT molecular complexity index is 452. The van der Waals surface area contributed by atoms with Gasteiger partial charge in [0, 0.05) is 20.8 Å². The second-order valence-electron chi connectivity index (χ2n) is 5.04. The van der Waals surface area contributed by atoms with Crippen molar-refractivity contribution in [1.29, 1.82) is 0 Å². The van der Waals surface area contributed by atoms with E-state index in [1.807, 2.05) is 0 Å². The zero-order valence-electron chi connectivity index (χ0n) is 13.6. The van der Waals surface area contributed by atoms with E-state index < -0.39 is 30.1 Å². The minimum atomic E-state index is -0.718. The van der Waals surface area contributed by atoms with Crippen LogP contribution in [-0.2, 0) is 28.6 Å². The molecule has 0 saturated carbocycles. The highest BCUT2D eigenvalue weighted by Crippen LogP contribution is 2.18. The van der Waals surface area contributed by atoms with E-state index >= 15 is 0 Å². The average molecular weight is 312 g/mol. The largest absolute Gasteiger partial charge is 0.462 e. The SMILES string of the molecule is C=C(C)C(CCC(=C)C(COC(C)=O)OC(C)=O)OC(C)=O. The Morgan fingerprint density at radius 1 is 0.864 bits per heavy atom. The van der Waals surface area contributed by atoms with Gasteiger partial charge in [-0.1, -0.05) is 13.2 Å². The van der Waals surface area contributed by atoms with E-state index in [1.54, 1.807) is 6.92 Å². The van der Waals surface area contributed by atoms with Gasteiger partial charge in [0.05, 0.1) is 0 Å². The lowest BCUT2D eigenvalue weighted by molar-refractivity contribution is -0.154. The number of hydrogen-bond donors (Lipinski definition) is 0. The van der Waals surface area contributed by atoms with Crippen LogP contribution in [0.5, 0.6) is 0 Å². The lowest BCUT2D eigenvalue weighted by Gasteiger charge is -2.22. The van der Waals surface area contributed by atoms with Crippen molar-refractivity contribution in [1.82, 2.24) is 0 Å². The van der Waals surface area contributed by atoms with E-state index in [0.29, 0.717) is 24.0 Å².